The molecule has 0 aliphatic rings. The molecule has 0 aromatic carbocycles. The van der Waals surface area contributed by atoms with Crippen molar-refractivity contribution in [2.75, 3.05) is 0 Å². The highest BCUT2D eigenvalue weighted by Gasteiger charge is 2.17. The van der Waals surface area contributed by atoms with E-state index >= 15 is 0 Å². The van der Waals surface area contributed by atoms with Crippen molar-refractivity contribution in [2.45, 2.75) is 157 Å². The second-order valence-corrected chi connectivity index (χ2v) is 21.7. The topological polar surface area (TPSA) is 52.1 Å². The van der Waals surface area contributed by atoms with Gasteiger partial charge in [0.2, 0.25) is 0 Å². The van der Waals surface area contributed by atoms with Gasteiger partial charge >= 0.3 is 0 Å². The molecule has 6 heterocycles. The number of pyridine rings is 2. The van der Waals surface area contributed by atoms with Gasteiger partial charge in [-0.25, -0.2) is 0 Å². The minimum absolute atomic E-state index is 0.156. The molecule has 308 valence electrons. The number of furan rings is 2. The van der Waals surface area contributed by atoms with Crippen LogP contribution in [0.1, 0.15) is 158 Å². The average molecular weight is 799 g/mol. The molecule has 0 saturated heterocycles. The van der Waals surface area contributed by atoms with E-state index in [0.717, 1.165) is 5.76 Å². The second-order valence-electron chi connectivity index (χ2n) is 20.0. The molecule has 0 spiro atoms. The minimum Gasteiger partial charge on any atom is -0.472 e. The molecule has 6 aromatic rings. The maximum Gasteiger partial charge on any atom is 0.109 e. The maximum atomic E-state index is 5.20. The van der Waals surface area contributed by atoms with Crippen LogP contribution in [-0.4, -0.2) is 9.97 Å². The van der Waals surface area contributed by atoms with E-state index in [1.54, 1.807) is 36.3 Å². The molecule has 0 N–H and O–H groups in total. The predicted octanol–water partition coefficient (Wildman–Crippen LogP) is 16.0. The molecule has 0 aliphatic heterocycles. The molecule has 0 unspecified atom stereocenters. The summed E-state index contributed by atoms with van der Waals surface area (Å²) in [6.07, 6.45) is 12.6. The molecule has 0 aliphatic carbocycles. The van der Waals surface area contributed by atoms with Crippen molar-refractivity contribution < 1.29 is 8.83 Å². The van der Waals surface area contributed by atoms with Gasteiger partial charge in [-0.05, 0) is 114 Å². The monoisotopic (exact) mass is 799 g/mol. The highest BCUT2D eigenvalue weighted by atomic mass is 32.1. The lowest BCUT2D eigenvalue weighted by Crippen LogP contribution is -2.10. The smallest absolute Gasteiger partial charge is 0.109 e. The molecular weight excluding hydrogens is 725 g/mol. The fraction of sp³-hybridized carbons (Fsp3) is 0.480. The van der Waals surface area contributed by atoms with Crippen LogP contribution in [0.2, 0.25) is 0 Å². The summed E-state index contributed by atoms with van der Waals surface area (Å²) in [6.45, 7) is 39.4. The van der Waals surface area contributed by atoms with Gasteiger partial charge < -0.3 is 8.83 Å². The largest absolute Gasteiger partial charge is 0.472 e. The Kier molecular flexibility index (Phi) is 20.0. The zero-order chi connectivity index (χ0) is 42.8. The molecule has 0 bridgehead atoms. The van der Waals surface area contributed by atoms with Crippen LogP contribution in [0.15, 0.2) is 129 Å². The first kappa shape index (κ1) is 50.3. The minimum atomic E-state index is 0.156. The quantitative estimate of drug-likeness (QED) is 0.154. The fourth-order valence-corrected chi connectivity index (χ4v) is 6.15. The maximum absolute atomic E-state index is 5.20. The highest BCUT2D eigenvalue weighted by molar-refractivity contribution is 7.10. The lowest BCUT2D eigenvalue weighted by molar-refractivity contribution is 0.409. The molecule has 0 saturated carbocycles. The Morgan fingerprint density at radius 3 is 1.29 bits per heavy atom. The van der Waals surface area contributed by atoms with E-state index < -0.39 is 0 Å². The lowest BCUT2D eigenvalue weighted by atomic mass is 9.88. The average Bonchev–Trinajstić information content (AvgIpc) is 3.94. The van der Waals surface area contributed by atoms with Crippen LogP contribution in [0.3, 0.4) is 0 Å². The number of nitrogens with zero attached hydrogens (tertiary/aromatic N) is 2. The molecule has 4 nitrogen and oxygen atoms in total. The first-order valence-corrected chi connectivity index (χ1v) is 21.4. The van der Waals surface area contributed by atoms with Gasteiger partial charge in [0.15, 0.2) is 0 Å². The van der Waals surface area contributed by atoms with E-state index in [1.165, 1.54) is 27.1 Å². The summed E-state index contributed by atoms with van der Waals surface area (Å²) in [7, 11) is 0. The Labute approximate surface area is 350 Å². The van der Waals surface area contributed by atoms with Crippen molar-refractivity contribution in [3.05, 3.63) is 153 Å². The third kappa shape index (κ3) is 21.0. The predicted molar refractivity (Wildman–Crippen MR) is 247 cm³/mol. The first-order valence-electron chi connectivity index (χ1n) is 19.6. The third-order valence-corrected chi connectivity index (χ3v) is 10.3. The Hall–Kier alpha value is -3.74. The van der Waals surface area contributed by atoms with Gasteiger partial charge in [-0.2, -0.15) is 11.3 Å². The highest BCUT2D eigenvalue weighted by Crippen LogP contribution is 2.27. The summed E-state index contributed by atoms with van der Waals surface area (Å²) < 4.78 is 10.1. The number of rotatable bonds is 0. The van der Waals surface area contributed by atoms with Crippen molar-refractivity contribution in [3.8, 4) is 0 Å². The zero-order valence-corrected chi connectivity index (χ0v) is 39.7. The molecule has 6 heteroatoms. The molecule has 56 heavy (non-hydrogen) atoms. The second kappa shape index (κ2) is 22.3. The van der Waals surface area contributed by atoms with Crippen LogP contribution in [-0.2, 0) is 32.5 Å². The molecule has 6 rings (SSSR count). The number of aromatic nitrogens is 2. The molecule has 0 radical (unpaired) electrons. The van der Waals surface area contributed by atoms with E-state index in [-0.39, 0.29) is 21.7 Å². The number of thiophene rings is 2. The molecular formula is C50H74N2O2S2. The third-order valence-electron chi connectivity index (χ3n) is 8.37. The van der Waals surface area contributed by atoms with E-state index in [9.17, 15) is 0 Å². The molecule has 0 fully saturated rings. The SMILES string of the molecule is CC(C)(C)c1cccnc1.CC(C)(C)c1ccco1.CC(C)(C)c1cccs1.CC(C)(C)c1ccncc1.CC(C)(C)c1ccoc1.CC(C)(C)c1ccsc1. The summed E-state index contributed by atoms with van der Waals surface area (Å²) in [6, 6.07) is 20.6. The number of hydrogen-bond acceptors (Lipinski definition) is 6. The van der Waals surface area contributed by atoms with Gasteiger partial charge in [-0.1, -0.05) is 137 Å². The number of hydrogen-bond donors (Lipinski definition) is 0. The van der Waals surface area contributed by atoms with Gasteiger partial charge in [0.1, 0.15) is 5.76 Å². The van der Waals surface area contributed by atoms with Crippen LogP contribution in [0.5, 0.6) is 0 Å². The standard InChI is InChI=1S/2C9H13N.2C8H12O.2C8H12S/c1-9(2,3)8-4-6-10-7-5-8;1-9(2,3)8-5-4-6-10-7-8;1-8(2,3)7-4-5-9-6-7;1-8(2,3)7-5-4-6-9-7;1-8(2,3)7-4-5-9-6-7;1-8(2,3)7-5-4-6-9-7/h2*4-7H,1-3H3;4*4-6H,1-3H3. The summed E-state index contributed by atoms with van der Waals surface area (Å²) in [5.74, 6) is 1.04. The zero-order valence-electron chi connectivity index (χ0n) is 38.1. The fourth-order valence-electron chi connectivity index (χ4n) is 4.45. The van der Waals surface area contributed by atoms with Crippen LogP contribution in [0, 0.1) is 0 Å². The Morgan fingerprint density at radius 2 is 1.04 bits per heavy atom. The van der Waals surface area contributed by atoms with Crippen molar-refractivity contribution in [1.82, 2.24) is 9.97 Å². The summed E-state index contributed by atoms with van der Waals surface area (Å²) in [4.78, 5) is 9.47. The van der Waals surface area contributed by atoms with Crippen LogP contribution in [0.4, 0.5) is 0 Å². The summed E-state index contributed by atoms with van der Waals surface area (Å²) >= 11 is 3.60. The first-order chi connectivity index (χ1) is 25.6. The lowest BCUT2D eigenvalue weighted by Gasteiger charge is -2.17. The van der Waals surface area contributed by atoms with Crippen LogP contribution < -0.4 is 0 Å². The Morgan fingerprint density at radius 1 is 0.446 bits per heavy atom. The van der Waals surface area contributed by atoms with Crippen molar-refractivity contribution in [2.24, 2.45) is 0 Å². The van der Waals surface area contributed by atoms with Crippen molar-refractivity contribution in [3.63, 3.8) is 0 Å². The molecule has 6 aromatic heterocycles. The van der Waals surface area contributed by atoms with Gasteiger partial charge in [0.05, 0.1) is 18.8 Å². The summed E-state index contributed by atoms with van der Waals surface area (Å²) in [5.41, 5.74) is 6.86. The van der Waals surface area contributed by atoms with E-state index in [2.05, 4.69) is 187 Å². The summed E-state index contributed by atoms with van der Waals surface area (Å²) in [5, 5.41) is 6.46. The Bertz CT molecular complexity index is 1560. The van der Waals surface area contributed by atoms with E-state index in [1.807, 2.05) is 54.2 Å². The van der Waals surface area contributed by atoms with E-state index in [0.29, 0.717) is 10.8 Å². The van der Waals surface area contributed by atoms with Crippen LogP contribution in [0.25, 0.3) is 0 Å². The van der Waals surface area contributed by atoms with Gasteiger partial charge in [-0.3, -0.25) is 9.97 Å². The van der Waals surface area contributed by atoms with Crippen LogP contribution >= 0.6 is 22.7 Å². The van der Waals surface area contributed by atoms with Crippen molar-refractivity contribution >= 4 is 22.7 Å². The molecule has 0 atom stereocenters. The van der Waals surface area contributed by atoms with Crippen molar-refractivity contribution in [1.29, 1.82) is 0 Å². The van der Waals surface area contributed by atoms with E-state index in [4.69, 9.17) is 8.83 Å². The Balaban J connectivity index is 0.000000336. The van der Waals surface area contributed by atoms with Gasteiger partial charge in [-0.15, -0.1) is 11.3 Å². The van der Waals surface area contributed by atoms with Gasteiger partial charge in [0.25, 0.3) is 0 Å². The normalized spacial score (nSPS) is 11.8. The molecule has 0 amide bonds. The van der Waals surface area contributed by atoms with Gasteiger partial charge in [0, 0.05) is 35.1 Å².